The summed E-state index contributed by atoms with van der Waals surface area (Å²) in [5.41, 5.74) is 5.73. The lowest BCUT2D eigenvalue weighted by molar-refractivity contribution is 0.698. The first-order valence-electron chi connectivity index (χ1n) is 8.90. The van der Waals surface area contributed by atoms with Crippen molar-refractivity contribution in [3.8, 4) is 11.3 Å². The van der Waals surface area contributed by atoms with Gasteiger partial charge in [-0.25, -0.2) is 4.98 Å². The Morgan fingerprint density at radius 2 is 1.96 bits per heavy atom. The second-order valence-electron chi connectivity index (χ2n) is 6.52. The molecule has 0 radical (unpaired) electrons. The molecule has 0 aliphatic heterocycles. The van der Waals surface area contributed by atoms with Gasteiger partial charge in [-0.2, -0.15) is 5.10 Å². The molecule has 0 bridgehead atoms. The smallest absolute Gasteiger partial charge is 0.138 e. The second-order valence-corrected chi connectivity index (χ2v) is 7.61. The summed E-state index contributed by atoms with van der Waals surface area (Å²) in [5, 5.41) is 5.66. The number of aryl methyl sites for hydroxylation is 2. The summed E-state index contributed by atoms with van der Waals surface area (Å²) < 4.78 is 1.98. The minimum absolute atomic E-state index is 0.920. The number of H-pyrrole nitrogens is 1. The van der Waals surface area contributed by atoms with Gasteiger partial charge in [-0.3, -0.25) is 4.68 Å². The average molecular weight is 363 g/mol. The van der Waals surface area contributed by atoms with E-state index in [1.807, 2.05) is 30.2 Å². The Kier molecular flexibility index (Phi) is 4.55. The van der Waals surface area contributed by atoms with Crippen LogP contribution in [0.5, 0.6) is 0 Å². The van der Waals surface area contributed by atoms with E-state index in [9.17, 15) is 0 Å². The Morgan fingerprint density at radius 3 is 2.73 bits per heavy atom. The third kappa shape index (κ3) is 3.03. The molecule has 1 N–H and O–H groups in total. The van der Waals surface area contributed by atoms with E-state index in [0.717, 1.165) is 29.6 Å². The number of hydrogen-bond donors (Lipinski definition) is 1. The van der Waals surface area contributed by atoms with Crippen molar-refractivity contribution >= 4 is 22.8 Å². The molecule has 0 unspecified atom stereocenters. The fourth-order valence-electron chi connectivity index (χ4n) is 3.22. The Balaban J connectivity index is 1.88. The Labute approximate surface area is 157 Å². The SMILES string of the molecule is CCCc1c(-c2[nH]c3ncccc3c2Sc2ccc(C)cc2)cnn1C. The van der Waals surface area contributed by atoms with E-state index >= 15 is 0 Å². The van der Waals surface area contributed by atoms with E-state index in [1.54, 1.807) is 11.8 Å². The van der Waals surface area contributed by atoms with E-state index in [2.05, 4.69) is 59.2 Å². The molecule has 132 valence electrons. The van der Waals surface area contributed by atoms with Gasteiger partial charge in [-0.15, -0.1) is 0 Å². The zero-order valence-corrected chi connectivity index (χ0v) is 16.1. The number of aromatic nitrogens is 4. The van der Waals surface area contributed by atoms with E-state index in [-0.39, 0.29) is 0 Å². The fourth-order valence-corrected chi connectivity index (χ4v) is 4.27. The Morgan fingerprint density at radius 1 is 1.15 bits per heavy atom. The number of fused-ring (bicyclic) bond motifs is 1. The van der Waals surface area contributed by atoms with Crippen LogP contribution in [0.4, 0.5) is 0 Å². The predicted octanol–water partition coefficient (Wildman–Crippen LogP) is 5.38. The van der Waals surface area contributed by atoms with E-state index in [4.69, 9.17) is 0 Å². The number of nitrogens with zero attached hydrogens (tertiary/aromatic N) is 3. The van der Waals surface area contributed by atoms with Gasteiger partial charge in [0, 0.05) is 39.7 Å². The molecule has 4 nitrogen and oxygen atoms in total. The minimum atomic E-state index is 0.920. The van der Waals surface area contributed by atoms with Crippen LogP contribution in [0.25, 0.3) is 22.3 Å². The van der Waals surface area contributed by atoms with Crippen LogP contribution in [-0.2, 0) is 13.5 Å². The van der Waals surface area contributed by atoms with Crippen molar-refractivity contribution in [2.45, 2.75) is 36.5 Å². The lowest BCUT2D eigenvalue weighted by atomic mass is 10.1. The highest BCUT2D eigenvalue weighted by molar-refractivity contribution is 7.99. The molecule has 0 atom stereocenters. The topological polar surface area (TPSA) is 46.5 Å². The summed E-state index contributed by atoms with van der Waals surface area (Å²) in [7, 11) is 2.02. The maximum absolute atomic E-state index is 4.53. The van der Waals surface area contributed by atoms with E-state index < -0.39 is 0 Å². The number of benzene rings is 1. The zero-order chi connectivity index (χ0) is 18.1. The number of aromatic amines is 1. The first-order valence-corrected chi connectivity index (χ1v) is 9.71. The summed E-state index contributed by atoms with van der Waals surface area (Å²) >= 11 is 1.78. The molecule has 4 rings (SSSR count). The molecule has 0 saturated carbocycles. The largest absolute Gasteiger partial charge is 0.338 e. The number of rotatable bonds is 5. The van der Waals surface area contributed by atoms with Gasteiger partial charge in [0.25, 0.3) is 0 Å². The van der Waals surface area contributed by atoms with Gasteiger partial charge in [0.1, 0.15) is 5.65 Å². The first kappa shape index (κ1) is 16.9. The second kappa shape index (κ2) is 7.00. The van der Waals surface area contributed by atoms with Crippen LogP contribution in [0, 0.1) is 6.92 Å². The number of nitrogens with one attached hydrogen (secondary N) is 1. The molecule has 0 spiro atoms. The van der Waals surface area contributed by atoms with Crippen molar-refractivity contribution in [1.29, 1.82) is 0 Å². The van der Waals surface area contributed by atoms with Crippen molar-refractivity contribution in [1.82, 2.24) is 19.7 Å². The van der Waals surface area contributed by atoms with Crippen LogP contribution >= 0.6 is 11.8 Å². The summed E-state index contributed by atoms with van der Waals surface area (Å²) in [5.74, 6) is 0. The van der Waals surface area contributed by atoms with Crippen LogP contribution in [0.2, 0.25) is 0 Å². The van der Waals surface area contributed by atoms with Crippen molar-refractivity contribution in [3.63, 3.8) is 0 Å². The summed E-state index contributed by atoms with van der Waals surface area (Å²) in [6.45, 7) is 4.31. The standard InChI is InChI=1S/C21H22N4S/c1-4-6-18-17(13-23-25(18)3)19-20(16-7-5-12-22-21(16)24-19)26-15-10-8-14(2)9-11-15/h5,7-13H,4,6H2,1-3H3,(H,22,24). The fraction of sp³-hybridized carbons (Fsp3) is 0.238. The quantitative estimate of drug-likeness (QED) is 0.519. The maximum Gasteiger partial charge on any atom is 0.138 e. The molecular formula is C21H22N4S. The van der Waals surface area contributed by atoms with Gasteiger partial charge >= 0.3 is 0 Å². The predicted molar refractivity (Wildman–Crippen MR) is 108 cm³/mol. The molecule has 26 heavy (non-hydrogen) atoms. The third-order valence-corrected chi connectivity index (χ3v) is 5.72. The van der Waals surface area contributed by atoms with Crippen molar-refractivity contribution in [3.05, 3.63) is 60.0 Å². The van der Waals surface area contributed by atoms with Gasteiger partial charge < -0.3 is 4.98 Å². The van der Waals surface area contributed by atoms with Gasteiger partial charge in [0.05, 0.1) is 11.9 Å². The highest BCUT2D eigenvalue weighted by Gasteiger charge is 2.19. The zero-order valence-electron chi connectivity index (χ0n) is 15.3. The highest BCUT2D eigenvalue weighted by atomic mass is 32.2. The Bertz CT molecular complexity index is 1040. The molecule has 3 heterocycles. The van der Waals surface area contributed by atoms with Gasteiger partial charge in [0.15, 0.2) is 0 Å². The van der Waals surface area contributed by atoms with Gasteiger partial charge in [-0.1, -0.05) is 42.8 Å². The Hall–Kier alpha value is -2.53. The normalized spacial score (nSPS) is 11.3. The molecule has 0 aliphatic carbocycles. The molecule has 1 aromatic carbocycles. The number of pyridine rings is 1. The molecule has 5 heteroatoms. The average Bonchev–Trinajstić information content (AvgIpc) is 3.19. The van der Waals surface area contributed by atoms with Crippen molar-refractivity contribution in [2.75, 3.05) is 0 Å². The monoisotopic (exact) mass is 362 g/mol. The molecule has 3 aromatic heterocycles. The van der Waals surface area contributed by atoms with Crippen LogP contribution < -0.4 is 0 Å². The van der Waals surface area contributed by atoms with Gasteiger partial charge in [-0.05, 0) is 37.6 Å². The highest BCUT2D eigenvalue weighted by Crippen LogP contribution is 2.41. The van der Waals surface area contributed by atoms with E-state index in [0.29, 0.717) is 0 Å². The van der Waals surface area contributed by atoms with Crippen LogP contribution in [0.3, 0.4) is 0 Å². The third-order valence-electron chi connectivity index (χ3n) is 4.58. The van der Waals surface area contributed by atoms with Gasteiger partial charge in [0.2, 0.25) is 0 Å². The minimum Gasteiger partial charge on any atom is -0.338 e. The molecule has 0 aliphatic rings. The van der Waals surface area contributed by atoms with Crippen molar-refractivity contribution in [2.24, 2.45) is 7.05 Å². The molecule has 0 saturated heterocycles. The maximum atomic E-state index is 4.53. The lowest BCUT2D eigenvalue weighted by Gasteiger charge is -2.07. The first-order chi connectivity index (χ1) is 12.7. The molecule has 0 fully saturated rings. The molecule has 0 amide bonds. The van der Waals surface area contributed by atoms with E-state index in [1.165, 1.54) is 26.6 Å². The molecule has 4 aromatic rings. The van der Waals surface area contributed by atoms with Crippen molar-refractivity contribution < 1.29 is 0 Å². The lowest BCUT2D eigenvalue weighted by Crippen LogP contribution is -1.99. The molecular weight excluding hydrogens is 340 g/mol. The summed E-state index contributed by atoms with van der Waals surface area (Å²) in [4.78, 5) is 10.5. The van der Waals surface area contributed by atoms with Crippen LogP contribution in [-0.4, -0.2) is 19.7 Å². The van der Waals surface area contributed by atoms with Crippen LogP contribution in [0.1, 0.15) is 24.6 Å². The summed E-state index contributed by atoms with van der Waals surface area (Å²) in [6.07, 6.45) is 5.89. The van der Waals surface area contributed by atoms with Crippen LogP contribution in [0.15, 0.2) is 58.6 Å². The number of hydrogen-bond acceptors (Lipinski definition) is 3. The summed E-state index contributed by atoms with van der Waals surface area (Å²) in [6, 6.07) is 12.8.